The number of carbonyl (C=O) groups excluding carboxylic acids is 1. The molecule has 0 bridgehead atoms. The molecule has 0 radical (unpaired) electrons. The molecule has 1 saturated heterocycles. The van der Waals surface area contributed by atoms with Crippen molar-refractivity contribution >= 4 is 5.91 Å². The van der Waals surface area contributed by atoms with E-state index in [9.17, 15) is 4.79 Å². The van der Waals surface area contributed by atoms with Crippen molar-refractivity contribution in [3.8, 4) is 0 Å². The molecule has 0 aromatic heterocycles. The van der Waals surface area contributed by atoms with E-state index in [1.165, 1.54) is 19.3 Å². The molecule has 1 amide bonds. The first-order chi connectivity index (χ1) is 6.72. The van der Waals surface area contributed by atoms with Gasteiger partial charge in [0.25, 0.3) is 0 Å². The fourth-order valence-corrected chi connectivity index (χ4v) is 3.16. The minimum atomic E-state index is 0.283. The van der Waals surface area contributed by atoms with Gasteiger partial charge >= 0.3 is 0 Å². The number of amides is 1. The van der Waals surface area contributed by atoms with Gasteiger partial charge in [-0.2, -0.15) is 0 Å². The molecule has 2 N–H and O–H groups in total. The van der Waals surface area contributed by atoms with Gasteiger partial charge in [-0.25, -0.2) is 0 Å². The summed E-state index contributed by atoms with van der Waals surface area (Å²) in [5, 5.41) is 0. The number of rotatable bonds is 2. The second-order valence-corrected chi connectivity index (χ2v) is 4.78. The summed E-state index contributed by atoms with van der Waals surface area (Å²) in [5.41, 5.74) is 6.16. The van der Waals surface area contributed by atoms with E-state index in [-0.39, 0.29) is 5.41 Å². The average molecular weight is 196 g/mol. The summed E-state index contributed by atoms with van der Waals surface area (Å²) in [6, 6.07) is 0. The predicted molar refractivity (Wildman–Crippen MR) is 55.7 cm³/mol. The molecular formula is C11H20N2O. The lowest BCUT2D eigenvalue weighted by atomic mass is 9.81. The highest BCUT2D eigenvalue weighted by molar-refractivity contribution is 5.76. The lowest BCUT2D eigenvalue weighted by Crippen LogP contribution is -2.36. The van der Waals surface area contributed by atoms with Gasteiger partial charge in [-0.05, 0) is 25.3 Å². The molecule has 1 aliphatic carbocycles. The minimum Gasteiger partial charge on any atom is -0.342 e. The van der Waals surface area contributed by atoms with Gasteiger partial charge in [0.05, 0.1) is 0 Å². The van der Waals surface area contributed by atoms with Crippen molar-refractivity contribution in [2.45, 2.75) is 32.6 Å². The third-order valence-corrected chi connectivity index (χ3v) is 4.10. The maximum absolute atomic E-state index is 11.6. The SMILES string of the molecule is CCC(=O)N1CC2CCCC2(CN)C1. The zero-order valence-electron chi connectivity index (χ0n) is 8.96. The van der Waals surface area contributed by atoms with Gasteiger partial charge < -0.3 is 10.6 Å². The number of nitrogens with two attached hydrogens (primary N) is 1. The van der Waals surface area contributed by atoms with Gasteiger partial charge in [0, 0.05) is 24.9 Å². The summed E-state index contributed by atoms with van der Waals surface area (Å²) in [7, 11) is 0. The average Bonchev–Trinajstić information content (AvgIpc) is 2.72. The number of hydrogen-bond donors (Lipinski definition) is 1. The Labute approximate surface area is 85.6 Å². The van der Waals surface area contributed by atoms with E-state index < -0.39 is 0 Å². The molecule has 1 aliphatic heterocycles. The summed E-state index contributed by atoms with van der Waals surface area (Å²) >= 11 is 0. The Balaban J connectivity index is 2.08. The molecule has 3 heteroatoms. The predicted octanol–water partition coefficient (Wildman–Crippen LogP) is 0.984. The smallest absolute Gasteiger partial charge is 0.222 e. The van der Waals surface area contributed by atoms with Crippen molar-refractivity contribution in [2.75, 3.05) is 19.6 Å². The molecular weight excluding hydrogens is 176 g/mol. The van der Waals surface area contributed by atoms with Crippen LogP contribution in [0.2, 0.25) is 0 Å². The van der Waals surface area contributed by atoms with Crippen molar-refractivity contribution in [3.05, 3.63) is 0 Å². The number of hydrogen-bond acceptors (Lipinski definition) is 2. The van der Waals surface area contributed by atoms with Crippen molar-refractivity contribution in [1.29, 1.82) is 0 Å². The molecule has 2 aliphatic rings. The van der Waals surface area contributed by atoms with Gasteiger partial charge in [-0.3, -0.25) is 4.79 Å². The Morgan fingerprint density at radius 3 is 3.00 bits per heavy atom. The third-order valence-electron chi connectivity index (χ3n) is 4.10. The normalized spacial score (nSPS) is 36.1. The maximum atomic E-state index is 11.6. The fraction of sp³-hybridized carbons (Fsp3) is 0.909. The lowest BCUT2D eigenvalue weighted by molar-refractivity contribution is -0.130. The van der Waals surface area contributed by atoms with Crippen LogP contribution in [-0.4, -0.2) is 30.4 Å². The molecule has 3 nitrogen and oxygen atoms in total. The van der Waals surface area contributed by atoms with E-state index in [1.807, 2.05) is 11.8 Å². The van der Waals surface area contributed by atoms with Crippen LogP contribution in [-0.2, 0) is 4.79 Å². The summed E-state index contributed by atoms with van der Waals surface area (Å²) < 4.78 is 0. The lowest BCUT2D eigenvalue weighted by Gasteiger charge is -2.26. The van der Waals surface area contributed by atoms with E-state index in [4.69, 9.17) is 5.73 Å². The second kappa shape index (κ2) is 3.54. The molecule has 1 saturated carbocycles. The highest BCUT2D eigenvalue weighted by Gasteiger charge is 2.49. The van der Waals surface area contributed by atoms with Crippen LogP contribution in [0.15, 0.2) is 0 Å². The highest BCUT2D eigenvalue weighted by Crippen LogP contribution is 2.47. The van der Waals surface area contributed by atoms with Crippen molar-refractivity contribution < 1.29 is 4.79 Å². The highest BCUT2D eigenvalue weighted by atomic mass is 16.2. The zero-order valence-corrected chi connectivity index (χ0v) is 8.96. The number of likely N-dealkylation sites (tertiary alicyclic amines) is 1. The number of carbonyl (C=O) groups is 1. The second-order valence-electron chi connectivity index (χ2n) is 4.78. The standard InChI is InChI=1S/C11H20N2O/c1-2-10(14)13-6-9-4-3-5-11(9,7-12)8-13/h9H,2-8,12H2,1H3. The van der Waals surface area contributed by atoms with Crippen LogP contribution in [0.25, 0.3) is 0 Å². The van der Waals surface area contributed by atoms with Crippen LogP contribution < -0.4 is 5.73 Å². The van der Waals surface area contributed by atoms with E-state index >= 15 is 0 Å². The molecule has 2 unspecified atom stereocenters. The Kier molecular flexibility index (Phi) is 2.52. The summed E-state index contributed by atoms with van der Waals surface area (Å²) in [5.74, 6) is 0.982. The Bertz CT molecular complexity index is 241. The van der Waals surface area contributed by atoms with Gasteiger partial charge in [0.2, 0.25) is 5.91 Å². The third kappa shape index (κ3) is 1.34. The first kappa shape index (κ1) is 9.97. The van der Waals surface area contributed by atoms with Crippen LogP contribution in [0.1, 0.15) is 32.6 Å². The van der Waals surface area contributed by atoms with E-state index in [2.05, 4.69) is 0 Å². The van der Waals surface area contributed by atoms with Crippen molar-refractivity contribution in [1.82, 2.24) is 4.90 Å². The first-order valence-corrected chi connectivity index (χ1v) is 5.69. The molecule has 0 aromatic rings. The Morgan fingerprint density at radius 1 is 1.64 bits per heavy atom. The Hall–Kier alpha value is -0.570. The zero-order chi connectivity index (χ0) is 10.2. The Morgan fingerprint density at radius 2 is 2.43 bits per heavy atom. The molecule has 0 aromatic carbocycles. The van der Waals surface area contributed by atoms with Gasteiger partial charge in [-0.1, -0.05) is 13.3 Å². The number of nitrogens with zero attached hydrogens (tertiary/aromatic N) is 1. The van der Waals surface area contributed by atoms with Crippen LogP contribution >= 0.6 is 0 Å². The first-order valence-electron chi connectivity index (χ1n) is 5.69. The monoisotopic (exact) mass is 196 g/mol. The van der Waals surface area contributed by atoms with Crippen LogP contribution in [0.5, 0.6) is 0 Å². The number of fused-ring (bicyclic) bond motifs is 1. The van der Waals surface area contributed by atoms with Gasteiger partial charge in [0.1, 0.15) is 0 Å². The molecule has 0 spiro atoms. The van der Waals surface area contributed by atoms with Crippen LogP contribution in [0.3, 0.4) is 0 Å². The maximum Gasteiger partial charge on any atom is 0.222 e. The fourth-order valence-electron chi connectivity index (χ4n) is 3.16. The summed E-state index contributed by atoms with van der Waals surface area (Å²) in [4.78, 5) is 13.6. The van der Waals surface area contributed by atoms with Gasteiger partial charge in [0.15, 0.2) is 0 Å². The molecule has 2 atom stereocenters. The van der Waals surface area contributed by atoms with Crippen molar-refractivity contribution in [2.24, 2.45) is 17.1 Å². The molecule has 2 rings (SSSR count). The van der Waals surface area contributed by atoms with Crippen molar-refractivity contribution in [3.63, 3.8) is 0 Å². The molecule has 1 heterocycles. The van der Waals surface area contributed by atoms with E-state index in [1.54, 1.807) is 0 Å². The quantitative estimate of drug-likeness (QED) is 0.715. The summed E-state index contributed by atoms with van der Waals surface area (Å²) in [6.07, 6.45) is 4.43. The molecule has 2 fully saturated rings. The topological polar surface area (TPSA) is 46.3 Å². The summed E-state index contributed by atoms with van der Waals surface area (Å²) in [6.45, 7) is 4.57. The minimum absolute atomic E-state index is 0.283. The van der Waals surface area contributed by atoms with E-state index in [0.29, 0.717) is 18.2 Å². The largest absolute Gasteiger partial charge is 0.342 e. The van der Waals surface area contributed by atoms with Crippen LogP contribution in [0, 0.1) is 11.3 Å². The van der Waals surface area contributed by atoms with Gasteiger partial charge in [-0.15, -0.1) is 0 Å². The molecule has 80 valence electrons. The molecule has 14 heavy (non-hydrogen) atoms. The van der Waals surface area contributed by atoms with Crippen LogP contribution in [0.4, 0.5) is 0 Å². The van der Waals surface area contributed by atoms with E-state index in [0.717, 1.165) is 19.6 Å².